The van der Waals surface area contributed by atoms with Gasteiger partial charge >= 0.3 is 5.97 Å². The summed E-state index contributed by atoms with van der Waals surface area (Å²) in [7, 11) is 0. The fourth-order valence-corrected chi connectivity index (χ4v) is 4.32. The van der Waals surface area contributed by atoms with Gasteiger partial charge in [-0.15, -0.1) is 10.2 Å². The Morgan fingerprint density at radius 1 is 1.09 bits per heavy atom. The number of aromatic carboxylic acids is 1. The SMILES string of the molecule is CCCCc1nc2cccc(C(=O)O)c2n1Cc1ccc(-c2ccccc2-c2nn[nH]n2)cc1F. The van der Waals surface area contributed by atoms with Gasteiger partial charge in [-0.3, -0.25) is 0 Å². The zero-order valence-corrected chi connectivity index (χ0v) is 19.1. The number of H-pyrrole nitrogens is 1. The van der Waals surface area contributed by atoms with Crippen LogP contribution in [0.4, 0.5) is 4.39 Å². The molecular weight excluding hydrogens is 447 g/mol. The molecule has 0 spiro atoms. The van der Waals surface area contributed by atoms with Gasteiger partial charge in [-0.05, 0) is 41.0 Å². The van der Waals surface area contributed by atoms with Crippen LogP contribution in [0.2, 0.25) is 0 Å². The molecule has 0 radical (unpaired) electrons. The highest BCUT2D eigenvalue weighted by atomic mass is 19.1. The van der Waals surface area contributed by atoms with E-state index in [-0.39, 0.29) is 17.9 Å². The van der Waals surface area contributed by atoms with Crippen LogP contribution in [0.5, 0.6) is 0 Å². The zero-order chi connectivity index (χ0) is 24.4. The van der Waals surface area contributed by atoms with Crippen LogP contribution < -0.4 is 0 Å². The fourth-order valence-electron chi connectivity index (χ4n) is 4.32. The van der Waals surface area contributed by atoms with Crippen molar-refractivity contribution in [3.8, 4) is 22.5 Å². The minimum absolute atomic E-state index is 0.156. The van der Waals surface area contributed by atoms with Gasteiger partial charge < -0.3 is 9.67 Å². The van der Waals surface area contributed by atoms with E-state index < -0.39 is 5.97 Å². The summed E-state index contributed by atoms with van der Waals surface area (Å²) in [5.74, 6) is -0.243. The summed E-state index contributed by atoms with van der Waals surface area (Å²) in [6, 6.07) is 17.6. The Balaban J connectivity index is 1.56. The Hall–Kier alpha value is -4.40. The third-order valence-corrected chi connectivity index (χ3v) is 6.04. The third kappa shape index (κ3) is 4.28. The lowest BCUT2D eigenvalue weighted by molar-refractivity contribution is 0.0698. The normalized spacial score (nSPS) is 11.3. The van der Waals surface area contributed by atoms with Crippen molar-refractivity contribution in [3.05, 3.63) is 83.4 Å². The summed E-state index contributed by atoms with van der Waals surface area (Å²) >= 11 is 0. The van der Waals surface area contributed by atoms with Crippen LogP contribution in [0.15, 0.2) is 60.7 Å². The van der Waals surface area contributed by atoms with E-state index in [2.05, 4.69) is 32.5 Å². The van der Waals surface area contributed by atoms with Gasteiger partial charge in [0.15, 0.2) is 0 Å². The van der Waals surface area contributed by atoms with Crippen LogP contribution in [0.25, 0.3) is 33.5 Å². The molecule has 0 saturated heterocycles. The first-order valence-electron chi connectivity index (χ1n) is 11.4. The fraction of sp³-hybridized carbons (Fsp3) is 0.192. The lowest BCUT2D eigenvalue weighted by atomic mass is 9.98. The van der Waals surface area contributed by atoms with E-state index in [0.717, 1.165) is 29.8 Å². The van der Waals surface area contributed by atoms with Gasteiger partial charge in [0.05, 0.1) is 23.1 Å². The van der Waals surface area contributed by atoms with Gasteiger partial charge in [-0.2, -0.15) is 5.21 Å². The van der Waals surface area contributed by atoms with Gasteiger partial charge in [0.2, 0.25) is 5.82 Å². The van der Waals surface area contributed by atoms with Crippen molar-refractivity contribution < 1.29 is 14.3 Å². The van der Waals surface area contributed by atoms with E-state index in [1.54, 1.807) is 24.3 Å². The molecule has 2 aromatic heterocycles. The second kappa shape index (κ2) is 9.46. The molecule has 35 heavy (non-hydrogen) atoms. The first-order chi connectivity index (χ1) is 17.1. The highest BCUT2D eigenvalue weighted by molar-refractivity contribution is 6.01. The molecule has 176 valence electrons. The van der Waals surface area contributed by atoms with Gasteiger partial charge in [0.1, 0.15) is 11.6 Å². The number of nitrogens with zero attached hydrogens (tertiary/aromatic N) is 5. The Morgan fingerprint density at radius 3 is 2.63 bits per heavy atom. The zero-order valence-electron chi connectivity index (χ0n) is 19.1. The van der Waals surface area contributed by atoms with E-state index in [4.69, 9.17) is 0 Å². The molecule has 0 amide bonds. The molecule has 2 N–H and O–H groups in total. The molecule has 0 unspecified atom stereocenters. The second-order valence-electron chi connectivity index (χ2n) is 8.28. The standard InChI is InChI=1S/C26H23FN6O2/c1-2-3-11-23-28-22-10-6-9-20(26(34)35)24(22)33(23)15-17-13-12-16(14-21(17)27)18-7-4-5-8-19(18)25-29-31-32-30-25/h4-10,12-14H,2-3,11,15H2,1H3,(H,34,35)(H,29,30,31,32). The summed E-state index contributed by atoms with van der Waals surface area (Å²) in [6.45, 7) is 2.26. The van der Waals surface area contributed by atoms with Crippen LogP contribution >= 0.6 is 0 Å². The monoisotopic (exact) mass is 470 g/mol. The smallest absolute Gasteiger partial charge is 0.337 e. The molecule has 5 aromatic rings. The van der Waals surface area contributed by atoms with Crippen molar-refractivity contribution in [2.75, 3.05) is 0 Å². The van der Waals surface area contributed by atoms with Crippen molar-refractivity contribution in [1.29, 1.82) is 0 Å². The maximum Gasteiger partial charge on any atom is 0.337 e. The van der Waals surface area contributed by atoms with Crippen LogP contribution in [0, 0.1) is 5.82 Å². The molecule has 0 fully saturated rings. The highest BCUT2D eigenvalue weighted by Crippen LogP contribution is 2.31. The number of hydrogen-bond donors (Lipinski definition) is 2. The Kier molecular flexibility index (Phi) is 6.05. The lowest BCUT2D eigenvalue weighted by Gasteiger charge is -2.13. The minimum Gasteiger partial charge on any atom is -0.478 e. The molecule has 5 rings (SSSR count). The molecule has 0 aliphatic rings. The number of benzene rings is 3. The maximum absolute atomic E-state index is 15.4. The largest absolute Gasteiger partial charge is 0.478 e. The van der Waals surface area contributed by atoms with E-state index in [1.165, 1.54) is 6.07 Å². The molecule has 0 aliphatic carbocycles. The Morgan fingerprint density at radius 2 is 1.91 bits per heavy atom. The molecule has 0 aliphatic heterocycles. The predicted molar refractivity (Wildman–Crippen MR) is 129 cm³/mol. The Bertz CT molecular complexity index is 1510. The summed E-state index contributed by atoms with van der Waals surface area (Å²) in [6.07, 6.45) is 2.56. The van der Waals surface area contributed by atoms with Crippen molar-refractivity contribution in [2.45, 2.75) is 32.7 Å². The number of nitrogens with one attached hydrogen (secondary N) is 1. The van der Waals surface area contributed by atoms with Crippen LogP contribution in [-0.2, 0) is 13.0 Å². The number of aromatic nitrogens is 6. The number of halogens is 1. The quantitative estimate of drug-likeness (QED) is 0.326. The molecule has 3 aromatic carbocycles. The number of aromatic amines is 1. The number of tetrazole rings is 1. The van der Waals surface area contributed by atoms with Crippen molar-refractivity contribution in [3.63, 3.8) is 0 Å². The van der Waals surface area contributed by atoms with E-state index in [0.29, 0.717) is 34.4 Å². The maximum atomic E-state index is 15.4. The summed E-state index contributed by atoms with van der Waals surface area (Å²) in [4.78, 5) is 16.6. The summed E-state index contributed by atoms with van der Waals surface area (Å²) in [5.41, 5.74) is 3.91. The van der Waals surface area contributed by atoms with Crippen LogP contribution in [-0.4, -0.2) is 41.3 Å². The van der Waals surface area contributed by atoms with Gasteiger partial charge in [0, 0.05) is 17.5 Å². The number of para-hydroxylation sites is 1. The second-order valence-corrected chi connectivity index (χ2v) is 8.28. The molecule has 0 saturated carbocycles. The molecule has 9 heteroatoms. The Labute approximate surface area is 200 Å². The van der Waals surface area contributed by atoms with Gasteiger partial charge in [-0.25, -0.2) is 14.2 Å². The number of hydrogen-bond acceptors (Lipinski definition) is 5. The van der Waals surface area contributed by atoms with Crippen LogP contribution in [0.3, 0.4) is 0 Å². The number of aryl methyl sites for hydroxylation is 1. The van der Waals surface area contributed by atoms with Crippen molar-refractivity contribution in [1.82, 2.24) is 30.2 Å². The van der Waals surface area contributed by atoms with E-state index >= 15 is 4.39 Å². The van der Waals surface area contributed by atoms with Crippen molar-refractivity contribution >= 4 is 17.0 Å². The predicted octanol–water partition coefficient (Wildman–Crippen LogP) is 5.11. The van der Waals surface area contributed by atoms with E-state index in [9.17, 15) is 9.90 Å². The molecule has 0 bridgehead atoms. The number of carboxylic acids is 1. The number of unbranched alkanes of at least 4 members (excludes halogenated alkanes) is 1. The van der Waals surface area contributed by atoms with Gasteiger partial charge in [-0.1, -0.05) is 55.8 Å². The van der Waals surface area contributed by atoms with Gasteiger partial charge in [0.25, 0.3) is 0 Å². The van der Waals surface area contributed by atoms with Crippen LogP contribution in [0.1, 0.15) is 41.5 Å². The number of rotatable bonds is 8. The number of carbonyl (C=O) groups is 1. The topological polar surface area (TPSA) is 110 Å². The molecule has 0 atom stereocenters. The third-order valence-electron chi connectivity index (χ3n) is 6.04. The minimum atomic E-state index is -1.03. The molecule has 8 nitrogen and oxygen atoms in total. The van der Waals surface area contributed by atoms with Crippen molar-refractivity contribution in [2.24, 2.45) is 0 Å². The lowest BCUT2D eigenvalue weighted by Crippen LogP contribution is -2.09. The number of imidazole rings is 1. The average molecular weight is 471 g/mol. The summed E-state index contributed by atoms with van der Waals surface area (Å²) < 4.78 is 17.3. The first-order valence-corrected chi connectivity index (χ1v) is 11.4. The number of carboxylic acid groups (broad SMARTS) is 1. The number of fused-ring (bicyclic) bond motifs is 1. The van der Waals surface area contributed by atoms with E-state index in [1.807, 2.05) is 34.9 Å². The average Bonchev–Trinajstić information content (AvgIpc) is 3.52. The first kappa shape index (κ1) is 22.4. The summed E-state index contributed by atoms with van der Waals surface area (Å²) in [5, 5.41) is 23.9. The molecule has 2 heterocycles. The molecular formula is C26H23FN6O2. The highest BCUT2D eigenvalue weighted by Gasteiger charge is 2.19.